The predicted molar refractivity (Wildman–Crippen MR) is 86.0 cm³/mol. The zero-order valence-corrected chi connectivity index (χ0v) is 13.9. The summed E-state index contributed by atoms with van der Waals surface area (Å²) in [7, 11) is 3.19. The van der Waals surface area contributed by atoms with Crippen LogP contribution in [-0.4, -0.2) is 26.3 Å². The Hall–Kier alpha value is -1.19. The van der Waals surface area contributed by atoms with E-state index in [1.165, 1.54) is 5.57 Å². The van der Waals surface area contributed by atoms with Crippen LogP contribution in [0.4, 0.5) is 0 Å². The Labute approximate surface area is 126 Å². The van der Waals surface area contributed by atoms with Gasteiger partial charge in [0.05, 0.1) is 19.2 Å². The maximum absolute atomic E-state index is 6.36. The zero-order valence-electron chi connectivity index (χ0n) is 13.1. The van der Waals surface area contributed by atoms with Gasteiger partial charge in [0, 0.05) is 12.1 Å². The summed E-state index contributed by atoms with van der Waals surface area (Å²) in [6.07, 6.45) is 2.06. The van der Waals surface area contributed by atoms with Crippen molar-refractivity contribution in [3.05, 3.63) is 28.3 Å². The quantitative estimate of drug-likeness (QED) is 0.885. The number of hydrogen-bond donors (Lipinski definition) is 1. The predicted octanol–water partition coefficient (Wildman–Crippen LogP) is 4.15. The standard InChI is InChI=1S/C16H24ClNO2/c1-11(10-18-16(2,3)4)9-12-7-8-13(19-5)15(20-6)14(12)17/h7-9,18H,10H2,1-6H3. The van der Waals surface area contributed by atoms with Crippen LogP contribution in [0.25, 0.3) is 6.08 Å². The van der Waals surface area contributed by atoms with E-state index in [1.54, 1.807) is 14.2 Å². The van der Waals surface area contributed by atoms with Crippen molar-refractivity contribution in [1.82, 2.24) is 5.32 Å². The van der Waals surface area contributed by atoms with Crippen LogP contribution in [0, 0.1) is 0 Å². The van der Waals surface area contributed by atoms with Crippen molar-refractivity contribution in [3.8, 4) is 11.5 Å². The molecule has 0 spiro atoms. The van der Waals surface area contributed by atoms with Crippen molar-refractivity contribution < 1.29 is 9.47 Å². The Kier molecular flexibility index (Phi) is 5.90. The van der Waals surface area contributed by atoms with Gasteiger partial charge in [-0.2, -0.15) is 0 Å². The second kappa shape index (κ2) is 7.00. The lowest BCUT2D eigenvalue weighted by Gasteiger charge is -2.20. The molecule has 0 unspecified atom stereocenters. The molecule has 0 atom stereocenters. The van der Waals surface area contributed by atoms with Gasteiger partial charge in [-0.15, -0.1) is 0 Å². The third-order valence-electron chi connectivity index (χ3n) is 2.81. The van der Waals surface area contributed by atoms with Crippen LogP contribution in [0.2, 0.25) is 5.02 Å². The van der Waals surface area contributed by atoms with E-state index in [0.29, 0.717) is 16.5 Å². The van der Waals surface area contributed by atoms with Crippen LogP contribution < -0.4 is 14.8 Å². The molecule has 20 heavy (non-hydrogen) atoms. The Morgan fingerprint density at radius 2 is 1.90 bits per heavy atom. The van der Waals surface area contributed by atoms with Crippen LogP contribution in [0.1, 0.15) is 33.3 Å². The van der Waals surface area contributed by atoms with E-state index in [9.17, 15) is 0 Å². The molecule has 0 aliphatic carbocycles. The molecule has 0 radical (unpaired) electrons. The highest BCUT2D eigenvalue weighted by atomic mass is 35.5. The number of ether oxygens (including phenoxy) is 2. The monoisotopic (exact) mass is 297 g/mol. The van der Waals surface area contributed by atoms with E-state index in [1.807, 2.05) is 12.1 Å². The molecule has 0 bridgehead atoms. The molecule has 1 rings (SSSR count). The van der Waals surface area contributed by atoms with Gasteiger partial charge in [0.1, 0.15) is 0 Å². The lowest BCUT2D eigenvalue weighted by molar-refractivity contribution is 0.355. The summed E-state index contributed by atoms with van der Waals surface area (Å²) >= 11 is 6.36. The lowest BCUT2D eigenvalue weighted by atomic mass is 10.1. The summed E-state index contributed by atoms with van der Waals surface area (Å²) in [6, 6.07) is 3.80. The van der Waals surface area contributed by atoms with Gasteiger partial charge < -0.3 is 14.8 Å². The third kappa shape index (κ3) is 4.73. The van der Waals surface area contributed by atoms with Gasteiger partial charge >= 0.3 is 0 Å². The maximum atomic E-state index is 6.36. The lowest BCUT2D eigenvalue weighted by Crippen LogP contribution is -2.36. The maximum Gasteiger partial charge on any atom is 0.179 e. The van der Waals surface area contributed by atoms with Gasteiger partial charge in [-0.05, 0) is 45.4 Å². The highest BCUT2D eigenvalue weighted by Gasteiger charge is 2.12. The van der Waals surface area contributed by atoms with E-state index in [-0.39, 0.29) is 5.54 Å². The van der Waals surface area contributed by atoms with E-state index >= 15 is 0 Å². The average molecular weight is 298 g/mol. The highest BCUT2D eigenvalue weighted by molar-refractivity contribution is 6.33. The summed E-state index contributed by atoms with van der Waals surface area (Å²) in [5.41, 5.74) is 2.22. The molecule has 0 fully saturated rings. The molecule has 1 N–H and O–H groups in total. The van der Waals surface area contributed by atoms with Crippen LogP contribution >= 0.6 is 11.6 Å². The van der Waals surface area contributed by atoms with Gasteiger partial charge in [-0.3, -0.25) is 0 Å². The molecule has 1 aromatic carbocycles. The largest absolute Gasteiger partial charge is 0.493 e. The first-order valence-corrected chi connectivity index (χ1v) is 6.99. The van der Waals surface area contributed by atoms with E-state index in [4.69, 9.17) is 21.1 Å². The fraction of sp³-hybridized carbons (Fsp3) is 0.500. The second-order valence-corrected chi connectivity index (χ2v) is 6.18. The van der Waals surface area contributed by atoms with Crippen LogP contribution in [0.3, 0.4) is 0 Å². The second-order valence-electron chi connectivity index (χ2n) is 5.80. The summed E-state index contributed by atoms with van der Waals surface area (Å²) in [4.78, 5) is 0. The van der Waals surface area contributed by atoms with E-state index < -0.39 is 0 Å². The number of methoxy groups -OCH3 is 2. The van der Waals surface area contributed by atoms with Crippen molar-refractivity contribution in [2.24, 2.45) is 0 Å². The molecule has 0 saturated carbocycles. The molecule has 0 aromatic heterocycles. The summed E-state index contributed by atoms with van der Waals surface area (Å²) in [6.45, 7) is 9.32. The average Bonchev–Trinajstić information content (AvgIpc) is 2.37. The number of rotatable bonds is 5. The Morgan fingerprint density at radius 3 is 2.40 bits per heavy atom. The number of nitrogens with one attached hydrogen (secondary N) is 1. The number of benzene rings is 1. The first-order valence-electron chi connectivity index (χ1n) is 6.61. The Balaban J connectivity index is 2.97. The van der Waals surface area contributed by atoms with Crippen molar-refractivity contribution in [1.29, 1.82) is 0 Å². The Bertz CT molecular complexity index is 490. The normalized spacial score (nSPS) is 12.4. The first kappa shape index (κ1) is 16.9. The molecular weight excluding hydrogens is 274 g/mol. The van der Waals surface area contributed by atoms with Gasteiger partial charge in [0.25, 0.3) is 0 Å². The number of halogens is 1. The number of hydrogen-bond acceptors (Lipinski definition) is 3. The van der Waals surface area contributed by atoms with E-state index in [2.05, 4.69) is 39.1 Å². The minimum absolute atomic E-state index is 0.0937. The third-order valence-corrected chi connectivity index (χ3v) is 3.20. The first-order chi connectivity index (χ1) is 9.28. The molecule has 3 nitrogen and oxygen atoms in total. The van der Waals surface area contributed by atoms with Gasteiger partial charge in [0.2, 0.25) is 0 Å². The topological polar surface area (TPSA) is 30.5 Å². The molecule has 0 aliphatic rings. The molecule has 0 saturated heterocycles. The minimum Gasteiger partial charge on any atom is -0.493 e. The zero-order chi connectivity index (χ0) is 15.3. The van der Waals surface area contributed by atoms with Crippen molar-refractivity contribution in [2.45, 2.75) is 33.2 Å². The van der Waals surface area contributed by atoms with Gasteiger partial charge in [-0.1, -0.05) is 23.3 Å². The fourth-order valence-corrected chi connectivity index (χ4v) is 2.02. The highest BCUT2D eigenvalue weighted by Crippen LogP contribution is 2.38. The minimum atomic E-state index is 0.0937. The van der Waals surface area contributed by atoms with Crippen LogP contribution in [0.15, 0.2) is 17.7 Å². The van der Waals surface area contributed by atoms with Gasteiger partial charge in [-0.25, -0.2) is 0 Å². The van der Waals surface area contributed by atoms with Gasteiger partial charge in [0.15, 0.2) is 11.5 Å². The van der Waals surface area contributed by atoms with Crippen molar-refractivity contribution >= 4 is 17.7 Å². The molecule has 112 valence electrons. The van der Waals surface area contributed by atoms with E-state index in [0.717, 1.165) is 12.1 Å². The van der Waals surface area contributed by atoms with Crippen LogP contribution in [0.5, 0.6) is 11.5 Å². The molecule has 0 heterocycles. The molecular formula is C16H24ClNO2. The van der Waals surface area contributed by atoms with Crippen molar-refractivity contribution in [2.75, 3.05) is 20.8 Å². The summed E-state index contributed by atoms with van der Waals surface area (Å²) in [5, 5.41) is 4.02. The SMILES string of the molecule is COc1ccc(C=C(C)CNC(C)(C)C)c(Cl)c1OC. The molecule has 0 amide bonds. The Morgan fingerprint density at radius 1 is 1.25 bits per heavy atom. The van der Waals surface area contributed by atoms with Crippen LogP contribution in [-0.2, 0) is 0 Å². The molecule has 4 heteroatoms. The summed E-state index contributed by atoms with van der Waals surface area (Å²) < 4.78 is 10.5. The molecule has 0 aliphatic heterocycles. The fourth-order valence-electron chi connectivity index (χ4n) is 1.74. The smallest absolute Gasteiger partial charge is 0.179 e. The molecule has 1 aromatic rings. The van der Waals surface area contributed by atoms with Crippen molar-refractivity contribution in [3.63, 3.8) is 0 Å². The summed E-state index contributed by atoms with van der Waals surface area (Å²) in [5.74, 6) is 1.21.